The maximum absolute atomic E-state index is 13.5. The second kappa shape index (κ2) is 7.97. The fraction of sp³-hybridized carbons (Fsp3) is 0.429. The molecule has 3 N–H and O–H groups in total. The minimum Gasteiger partial charge on any atom is -0.481 e. The van der Waals surface area contributed by atoms with Crippen molar-refractivity contribution in [1.29, 1.82) is 0 Å². The van der Waals surface area contributed by atoms with Crippen LogP contribution in [0.4, 0.5) is 14.9 Å². The highest BCUT2D eigenvalue weighted by Crippen LogP contribution is 2.23. The van der Waals surface area contributed by atoms with Crippen LogP contribution in [-0.4, -0.2) is 23.1 Å². The van der Waals surface area contributed by atoms with Gasteiger partial charge in [-0.1, -0.05) is 13.3 Å². The summed E-state index contributed by atoms with van der Waals surface area (Å²) in [6.45, 7) is 3.64. The average Bonchev–Trinajstić information content (AvgIpc) is 2.35. The van der Waals surface area contributed by atoms with Crippen LogP contribution in [0.2, 0.25) is 0 Å². The first kappa shape index (κ1) is 17.4. The van der Waals surface area contributed by atoms with Crippen LogP contribution in [0.5, 0.6) is 0 Å². The van der Waals surface area contributed by atoms with Gasteiger partial charge >= 0.3 is 12.0 Å². The third kappa shape index (κ3) is 5.71. The number of amides is 2. The number of aryl methyl sites for hydroxylation is 1. The average molecular weight is 361 g/mol. The smallest absolute Gasteiger partial charge is 0.319 e. The van der Waals surface area contributed by atoms with Gasteiger partial charge in [-0.3, -0.25) is 4.79 Å². The molecule has 0 spiro atoms. The summed E-state index contributed by atoms with van der Waals surface area (Å²) in [4.78, 5) is 22.6. The molecule has 0 aliphatic heterocycles. The molecule has 1 aromatic carbocycles. The minimum atomic E-state index is -0.973. The van der Waals surface area contributed by atoms with Crippen LogP contribution in [0.1, 0.15) is 31.7 Å². The lowest BCUT2D eigenvalue weighted by atomic mass is 10.1. The van der Waals surface area contributed by atoms with Crippen LogP contribution < -0.4 is 10.6 Å². The molecule has 2 amide bonds. The van der Waals surface area contributed by atoms with Gasteiger partial charge in [-0.2, -0.15) is 0 Å². The van der Waals surface area contributed by atoms with Crippen molar-refractivity contribution in [1.82, 2.24) is 5.32 Å². The number of hydrogen-bond acceptors (Lipinski definition) is 2. The first-order valence-corrected chi connectivity index (χ1v) is 7.37. The standard InChI is InChI=1S/C14H18BrFN2O3/c1-3-4-9(6-13(19)20)17-14(21)18-12-7-11(16)10(15)5-8(12)2/h5,7,9H,3-4,6H2,1-2H3,(H,19,20)(H2,17,18,21). The van der Waals surface area contributed by atoms with Crippen LogP contribution in [0.25, 0.3) is 0 Å². The summed E-state index contributed by atoms with van der Waals surface area (Å²) in [5.41, 5.74) is 1.04. The Morgan fingerprint density at radius 2 is 2.10 bits per heavy atom. The van der Waals surface area contributed by atoms with Crippen molar-refractivity contribution in [2.24, 2.45) is 0 Å². The summed E-state index contributed by atoms with van der Waals surface area (Å²) < 4.78 is 13.8. The van der Waals surface area contributed by atoms with Crippen LogP contribution in [0.15, 0.2) is 16.6 Å². The topological polar surface area (TPSA) is 78.4 Å². The van der Waals surface area contributed by atoms with Crippen molar-refractivity contribution < 1.29 is 19.1 Å². The number of benzene rings is 1. The first-order chi connectivity index (χ1) is 9.83. The SMILES string of the molecule is CCCC(CC(=O)O)NC(=O)Nc1cc(F)c(Br)cc1C. The number of carboxylic acids is 1. The lowest BCUT2D eigenvalue weighted by Gasteiger charge is -2.17. The Bertz CT molecular complexity index is 537. The Balaban J connectivity index is 2.71. The van der Waals surface area contributed by atoms with E-state index in [1.165, 1.54) is 6.07 Å². The van der Waals surface area contributed by atoms with E-state index >= 15 is 0 Å². The number of anilines is 1. The summed E-state index contributed by atoms with van der Waals surface area (Å²) in [6, 6.07) is 1.78. The van der Waals surface area contributed by atoms with Crippen molar-refractivity contribution in [2.75, 3.05) is 5.32 Å². The molecule has 1 rings (SSSR count). The highest BCUT2D eigenvalue weighted by molar-refractivity contribution is 9.10. The van der Waals surface area contributed by atoms with Crippen LogP contribution in [0.3, 0.4) is 0 Å². The summed E-state index contributed by atoms with van der Waals surface area (Å²) >= 11 is 3.07. The third-order valence-corrected chi connectivity index (χ3v) is 3.52. The Labute approximate surface area is 131 Å². The summed E-state index contributed by atoms with van der Waals surface area (Å²) in [6.07, 6.45) is 1.17. The molecule has 0 saturated carbocycles. The van der Waals surface area contributed by atoms with Gasteiger partial charge in [0.1, 0.15) is 5.82 Å². The maximum atomic E-state index is 13.5. The van der Waals surface area contributed by atoms with Crippen molar-refractivity contribution in [3.63, 3.8) is 0 Å². The van der Waals surface area contributed by atoms with E-state index in [-0.39, 0.29) is 6.42 Å². The van der Waals surface area contributed by atoms with Gasteiger partial charge in [0.25, 0.3) is 0 Å². The van der Waals surface area contributed by atoms with Crippen LogP contribution in [-0.2, 0) is 4.79 Å². The van der Waals surface area contributed by atoms with Crippen molar-refractivity contribution in [3.05, 3.63) is 28.0 Å². The molecule has 0 aliphatic rings. The van der Waals surface area contributed by atoms with E-state index in [4.69, 9.17) is 5.11 Å². The van der Waals surface area contributed by atoms with E-state index in [0.717, 1.165) is 6.42 Å². The molecule has 0 heterocycles. The molecule has 0 fully saturated rings. The molecule has 0 saturated heterocycles. The molecule has 5 nitrogen and oxygen atoms in total. The van der Waals surface area contributed by atoms with E-state index in [9.17, 15) is 14.0 Å². The van der Waals surface area contributed by atoms with Crippen LogP contribution >= 0.6 is 15.9 Å². The van der Waals surface area contributed by atoms with E-state index in [1.807, 2.05) is 6.92 Å². The van der Waals surface area contributed by atoms with Gasteiger partial charge in [-0.25, -0.2) is 9.18 Å². The molecule has 1 unspecified atom stereocenters. The normalized spacial score (nSPS) is 11.8. The highest BCUT2D eigenvalue weighted by Gasteiger charge is 2.16. The van der Waals surface area contributed by atoms with Gasteiger partial charge in [0.15, 0.2) is 0 Å². The molecule has 0 radical (unpaired) electrons. The Kier molecular flexibility index (Phi) is 6.61. The molecular formula is C14H18BrFN2O3. The highest BCUT2D eigenvalue weighted by atomic mass is 79.9. The third-order valence-electron chi connectivity index (χ3n) is 2.91. The zero-order chi connectivity index (χ0) is 16.0. The summed E-state index contributed by atoms with van der Waals surface area (Å²) in [5.74, 6) is -1.45. The maximum Gasteiger partial charge on any atom is 0.319 e. The largest absolute Gasteiger partial charge is 0.481 e. The number of carbonyl (C=O) groups excluding carboxylic acids is 1. The molecule has 116 valence electrons. The van der Waals surface area contributed by atoms with Gasteiger partial charge < -0.3 is 15.7 Å². The Hall–Kier alpha value is -1.63. The fourth-order valence-electron chi connectivity index (χ4n) is 1.91. The van der Waals surface area contributed by atoms with E-state index in [0.29, 0.717) is 22.1 Å². The van der Waals surface area contributed by atoms with Crippen molar-refractivity contribution >= 4 is 33.6 Å². The minimum absolute atomic E-state index is 0.144. The molecule has 0 bridgehead atoms. The van der Waals surface area contributed by atoms with Gasteiger partial charge in [-0.05, 0) is 47.0 Å². The quantitative estimate of drug-likeness (QED) is 0.724. The van der Waals surface area contributed by atoms with Crippen molar-refractivity contribution in [3.8, 4) is 0 Å². The second-order valence-corrected chi connectivity index (χ2v) is 5.62. The number of carbonyl (C=O) groups is 2. The van der Waals surface area contributed by atoms with Crippen LogP contribution in [0, 0.1) is 12.7 Å². The number of urea groups is 1. The predicted molar refractivity (Wildman–Crippen MR) is 81.9 cm³/mol. The molecule has 0 aliphatic carbocycles. The molecular weight excluding hydrogens is 343 g/mol. The predicted octanol–water partition coefficient (Wildman–Crippen LogP) is 3.66. The fourth-order valence-corrected chi connectivity index (χ4v) is 2.37. The number of hydrogen-bond donors (Lipinski definition) is 3. The van der Waals surface area contributed by atoms with E-state index in [1.54, 1.807) is 13.0 Å². The number of rotatable bonds is 6. The lowest BCUT2D eigenvalue weighted by molar-refractivity contribution is -0.137. The zero-order valence-corrected chi connectivity index (χ0v) is 13.5. The first-order valence-electron chi connectivity index (χ1n) is 6.58. The Morgan fingerprint density at radius 3 is 2.67 bits per heavy atom. The lowest BCUT2D eigenvalue weighted by Crippen LogP contribution is -2.39. The van der Waals surface area contributed by atoms with Gasteiger partial charge in [0.2, 0.25) is 0 Å². The number of aliphatic carboxylic acids is 1. The van der Waals surface area contributed by atoms with E-state index < -0.39 is 23.9 Å². The zero-order valence-electron chi connectivity index (χ0n) is 11.9. The van der Waals surface area contributed by atoms with Gasteiger partial charge in [-0.15, -0.1) is 0 Å². The molecule has 7 heteroatoms. The Morgan fingerprint density at radius 1 is 1.43 bits per heavy atom. The summed E-state index contributed by atoms with van der Waals surface area (Å²) in [7, 11) is 0. The summed E-state index contributed by atoms with van der Waals surface area (Å²) in [5, 5.41) is 13.9. The van der Waals surface area contributed by atoms with Gasteiger partial charge in [0.05, 0.1) is 10.9 Å². The number of halogens is 2. The molecule has 0 aromatic heterocycles. The number of nitrogens with one attached hydrogen (secondary N) is 2. The molecule has 21 heavy (non-hydrogen) atoms. The second-order valence-electron chi connectivity index (χ2n) is 4.76. The molecule has 1 atom stereocenters. The monoisotopic (exact) mass is 360 g/mol. The van der Waals surface area contributed by atoms with Crippen molar-refractivity contribution in [2.45, 2.75) is 39.2 Å². The molecule has 1 aromatic rings. The van der Waals surface area contributed by atoms with Gasteiger partial charge in [0, 0.05) is 11.7 Å². The van der Waals surface area contributed by atoms with E-state index in [2.05, 4.69) is 26.6 Å². The number of carboxylic acid groups (broad SMARTS) is 1.